The second-order valence-corrected chi connectivity index (χ2v) is 9.60. The topological polar surface area (TPSA) is 104 Å². The molecule has 1 heterocycles. The van der Waals surface area contributed by atoms with Crippen LogP contribution in [0.2, 0.25) is 0 Å². The summed E-state index contributed by atoms with van der Waals surface area (Å²) in [6, 6.07) is 18.3. The van der Waals surface area contributed by atoms with Crippen LogP contribution in [0.1, 0.15) is 45.0 Å². The molecule has 0 fully saturated rings. The molecule has 0 aliphatic heterocycles. The third kappa shape index (κ3) is 7.73. The van der Waals surface area contributed by atoms with Crippen molar-refractivity contribution < 1.29 is 22.0 Å². The maximum Gasteiger partial charge on any atom is 0.298 e. The zero-order valence-electron chi connectivity index (χ0n) is 22.6. The lowest BCUT2D eigenvalue weighted by molar-refractivity contribution is -0.0443. The van der Waals surface area contributed by atoms with Crippen molar-refractivity contribution in [3.05, 3.63) is 136 Å². The molecular weight excluding hydrogens is 563 g/mol. The van der Waals surface area contributed by atoms with E-state index >= 15 is 8.78 Å². The number of aryl methyl sites for hydroxylation is 2. The van der Waals surface area contributed by atoms with Crippen LogP contribution in [0.5, 0.6) is 0 Å². The molecular formula is C32H25F5N6. The lowest BCUT2D eigenvalue weighted by Crippen LogP contribution is -2.40. The van der Waals surface area contributed by atoms with Crippen molar-refractivity contribution in [3.8, 4) is 17.9 Å². The summed E-state index contributed by atoms with van der Waals surface area (Å²) in [6.07, 6.45) is 3.06. The first-order valence-electron chi connectivity index (χ1n) is 12.9. The summed E-state index contributed by atoms with van der Waals surface area (Å²) in [5, 5.41) is 13.0. The van der Waals surface area contributed by atoms with Crippen LogP contribution in [-0.2, 0) is 18.8 Å². The second-order valence-electron chi connectivity index (χ2n) is 9.60. The van der Waals surface area contributed by atoms with Gasteiger partial charge in [-0.25, -0.2) is 19.0 Å². The van der Waals surface area contributed by atoms with E-state index in [1.807, 2.05) is 18.2 Å². The number of alkyl halides is 2. The normalized spacial score (nSPS) is 11.9. The summed E-state index contributed by atoms with van der Waals surface area (Å²) >= 11 is 0. The molecule has 1 atom stereocenters. The van der Waals surface area contributed by atoms with Gasteiger partial charge in [0.1, 0.15) is 29.5 Å². The monoisotopic (exact) mass is 588 g/mol. The zero-order chi connectivity index (χ0) is 31.0. The third-order valence-corrected chi connectivity index (χ3v) is 6.65. The number of hydrazone groups is 1. The first-order chi connectivity index (χ1) is 20.6. The van der Waals surface area contributed by atoms with Gasteiger partial charge in [0.05, 0.1) is 17.6 Å². The smallest absolute Gasteiger partial charge is 0.298 e. The second kappa shape index (κ2) is 13.6. The minimum Gasteiger partial charge on any atom is -0.322 e. The number of aromatic nitrogens is 1. The molecule has 218 valence electrons. The molecule has 0 radical (unpaired) electrons. The molecule has 4 rings (SSSR count). The van der Waals surface area contributed by atoms with Gasteiger partial charge in [0.25, 0.3) is 5.92 Å². The van der Waals surface area contributed by atoms with Crippen LogP contribution in [0.25, 0.3) is 0 Å². The van der Waals surface area contributed by atoms with E-state index < -0.39 is 41.3 Å². The fraction of sp³-hybridized carbons (Fsp3) is 0.156. The van der Waals surface area contributed by atoms with E-state index in [1.165, 1.54) is 30.5 Å². The van der Waals surface area contributed by atoms with Gasteiger partial charge in [-0.2, -0.15) is 19.1 Å². The predicted molar refractivity (Wildman–Crippen MR) is 152 cm³/mol. The van der Waals surface area contributed by atoms with Crippen LogP contribution in [0.4, 0.5) is 22.0 Å². The van der Waals surface area contributed by atoms with Crippen LogP contribution in [0.3, 0.4) is 0 Å². The van der Waals surface area contributed by atoms with Crippen LogP contribution in [0.15, 0.2) is 84.1 Å². The number of rotatable bonds is 9. The highest BCUT2D eigenvalue weighted by atomic mass is 19.3. The number of nitriles is 1. The molecule has 6 nitrogen and oxygen atoms in total. The number of pyridine rings is 1. The molecule has 0 saturated heterocycles. The molecule has 4 N–H and O–H groups in total. The number of hydrogen-bond acceptors (Lipinski definition) is 5. The molecule has 0 bridgehead atoms. The van der Waals surface area contributed by atoms with E-state index in [4.69, 9.17) is 16.9 Å². The number of nitrogens with two attached hydrogens (primary N) is 2. The van der Waals surface area contributed by atoms with Crippen LogP contribution in [-0.4, -0.2) is 22.9 Å². The van der Waals surface area contributed by atoms with Crippen LogP contribution < -0.4 is 11.7 Å². The number of hydrogen-bond donors (Lipinski definition) is 2. The van der Waals surface area contributed by atoms with Gasteiger partial charge in [0, 0.05) is 29.9 Å². The van der Waals surface area contributed by atoms with Gasteiger partial charge in [-0.05, 0) is 78.1 Å². The van der Waals surface area contributed by atoms with Crippen LogP contribution >= 0.6 is 0 Å². The van der Waals surface area contributed by atoms with E-state index in [0.29, 0.717) is 41.2 Å². The fourth-order valence-electron chi connectivity index (χ4n) is 4.39. The molecule has 4 aromatic rings. The van der Waals surface area contributed by atoms with Crippen molar-refractivity contribution in [2.24, 2.45) is 16.8 Å². The SMILES string of the molecule is N#Cc1ccc(F)c(CCc2ccc(C#Cc3ccc(C(F)(F)C(CN(N)/C=N\N)c4ccc(F)cc4F)nc3)cc2)c1. The Bertz CT molecular complexity index is 1700. The predicted octanol–water partition coefficient (Wildman–Crippen LogP) is 5.51. The highest BCUT2D eigenvalue weighted by molar-refractivity contribution is 5.53. The Kier molecular flexibility index (Phi) is 9.71. The van der Waals surface area contributed by atoms with Gasteiger partial charge in [-0.3, -0.25) is 9.99 Å². The largest absolute Gasteiger partial charge is 0.322 e. The maximum absolute atomic E-state index is 15.7. The van der Waals surface area contributed by atoms with Crippen molar-refractivity contribution in [1.82, 2.24) is 9.99 Å². The Morgan fingerprint density at radius 2 is 1.58 bits per heavy atom. The van der Waals surface area contributed by atoms with Crippen molar-refractivity contribution >= 4 is 6.34 Å². The Balaban J connectivity index is 1.48. The van der Waals surface area contributed by atoms with Gasteiger partial charge < -0.3 is 5.84 Å². The Labute approximate surface area is 245 Å². The first kappa shape index (κ1) is 30.7. The maximum atomic E-state index is 15.7. The van der Waals surface area contributed by atoms with Gasteiger partial charge in [0.2, 0.25) is 0 Å². The summed E-state index contributed by atoms with van der Waals surface area (Å²) in [5.41, 5.74) is 1.71. The van der Waals surface area contributed by atoms with Crippen molar-refractivity contribution in [3.63, 3.8) is 0 Å². The standard InChI is InChI=1S/C32H25F5N6/c33-26-11-12-27(30(35)16-26)28(19-43(40)20-42-39)32(36,37)31-14-9-23(18-41-31)6-5-21-1-3-22(4-2-21)7-10-25-15-24(17-38)8-13-29(25)34/h1-4,8-9,11-16,18,20,28H,7,10,19,39-40H2/b42-20-. The minimum absolute atomic E-state index is 0.358. The van der Waals surface area contributed by atoms with E-state index in [9.17, 15) is 13.2 Å². The number of halogens is 5. The lowest BCUT2D eigenvalue weighted by Gasteiger charge is -2.29. The molecule has 0 amide bonds. The molecule has 11 heteroatoms. The van der Waals surface area contributed by atoms with Gasteiger partial charge in [-0.15, -0.1) is 0 Å². The molecule has 0 saturated carbocycles. The van der Waals surface area contributed by atoms with Crippen molar-refractivity contribution in [2.75, 3.05) is 6.54 Å². The molecule has 3 aromatic carbocycles. The Morgan fingerprint density at radius 3 is 2.23 bits per heavy atom. The number of hydrazine groups is 1. The number of benzene rings is 3. The van der Waals surface area contributed by atoms with Crippen molar-refractivity contribution in [2.45, 2.75) is 24.7 Å². The van der Waals surface area contributed by atoms with E-state index in [0.717, 1.165) is 35.1 Å². The summed E-state index contributed by atoms with van der Waals surface area (Å²) < 4.78 is 73.4. The Hall–Kier alpha value is -5.26. The highest BCUT2D eigenvalue weighted by Gasteiger charge is 2.45. The summed E-state index contributed by atoms with van der Waals surface area (Å²) in [4.78, 5) is 3.88. The first-order valence-corrected chi connectivity index (χ1v) is 12.9. The summed E-state index contributed by atoms with van der Waals surface area (Å²) in [6.45, 7) is -0.601. The average Bonchev–Trinajstić information content (AvgIpc) is 2.99. The van der Waals surface area contributed by atoms with E-state index in [2.05, 4.69) is 21.9 Å². The summed E-state index contributed by atoms with van der Waals surface area (Å²) in [5.74, 6) is 8.52. The number of nitrogens with zero attached hydrogens (tertiary/aromatic N) is 4. The zero-order valence-corrected chi connectivity index (χ0v) is 22.6. The molecule has 0 aliphatic rings. The molecule has 1 aromatic heterocycles. The van der Waals surface area contributed by atoms with Gasteiger partial charge in [0.15, 0.2) is 0 Å². The van der Waals surface area contributed by atoms with E-state index in [1.54, 1.807) is 12.1 Å². The molecule has 0 aliphatic carbocycles. The summed E-state index contributed by atoms with van der Waals surface area (Å²) in [7, 11) is 0. The van der Waals surface area contributed by atoms with Crippen molar-refractivity contribution in [1.29, 1.82) is 5.26 Å². The minimum atomic E-state index is -3.72. The van der Waals surface area contributed by atoms with E-state index in [-0.39, 0.29) is 5.82 Å². The molecule has 0 spiro atoms. The van der Waals surface area contributed by atoms with Gasteiger partial charge >= 0.3 is 0 Å². The average molecular weight is 589 g/mol. The fourth-order valence-corrected chi connectivity index (χ4v) is 4.39. The quantitative estimate of drug-likeness (QED) is 0.0671. The highest BCUT2D eigenvalue weighted by Crippen LogP contribution is 2.42. The Morgan fingerprint density at radius 1 is 0.884 bits per heavy atom. The lowest BCUT2D eigenvalue weighted by atomic mass is 9.89. The van der Waals surface area contributed by atoms with Gasteiger partial charge in [-0.1, -0.05) is 30.0 Å². The van der Waals surface area contributed by atoms with Crippen LogP contribution in [0, 0.1) is 40.6 Å². The third-order valence-electron chi connectivity index (χ3n) is 6.65. The molecule has 1 unspecified atom stereocenters. The molecule has 43 heavy (non-hydrogen) atoms.